The van der Waals surface area contributed by atoms with E-state index in [1.165, 1.54) is 0 Å². The van der Waals surface area contributed by atoms with Gasteiger partial charge in [-0.2, -0.15) is 5.10 Å². The molecule has 1 aliphatic heterocycles. The number of likely N-dealkylation sites (tertiary alicyclic amines) is 1. The zero-order valence-electron chi connectivity index (χ0n) is 12.0. The summed E-state index contributed by atoms with van der Waals surface area (Å²) < 4.78 is 1.82. The molecule has 0 saturated carbocycles. The Bertz CT molecular complexity index is 440. The number of amides is 1. The van der Waals surface area contributed by atoms with Gasteiger partial charge in [0.2, 0.25) is 0 Å². The lowest BCUT2D eigenvalue weighted by Gasteiger charge is -2.37. The van der Waals surface area contributed by atoms with Crippen LogP contribution in [0.3, 0.4) is 0 Å². The summed E-state index contributed by atoms with van der Waals surface area (Å²) in [6, 6.07) is 2.22. The van der Waals surface area contributed by atoms with E-state index < -0.39 is 0 Å². The van der Waals surface area contributed by atoms with Crippen molar-refractivity contribution in [1.82, 2.24) is 14.7 Å². The van der Waals surface area contributed by atoms with Crippen LogP contribution in [0.2, 0.25) is 0 Å². The standard InChI is InChI=1S/C14H24N4O/c1-10(2)18-7-5-13(16-18)14(19)17-6-4-11(3)8-12(17)9-15/h5,7,10-12H,4,6,8-9,15H2,1-3H3. The fraction of sp³-hybridized carbons (Fsp3) is 0.714. The van der Waals surface area contributed by atoms with E-state index in [9.17, 15) is 4.79 Å². The third-order valence-corrected chi connectivity index (χ3v) is 3.87. The molecular weight excluding hydrogens is 240 g/mol. The summed E-state index contributed by atoms with van der Waals surface area (Å²) in [6.45, 7) is 7.63. The number of carbonyl (C=O) groups is 1. The quantitative estimate of drug-likeness (QED) is 0.903. The van der Waals surface area contributed by atoms with Crippen LogP contribution in [0.5, 0.6) is 0 Å². The Morgan fingerprint density at radius 2 is 2.32 bits per heavy atom. The van der Waals surface area contributed by atoms with Crippen molar-refractivity contribution in [3.63, 3.8) is 0 Å². The average molecular weight is 264 g/mol. The molecular formula is C14H24N4O. The molecule has 5 heteroatoms. The maximum Gasteiger partial charge on any atom is 0.274 e. The van der Waals surface area contributed by atoms with Crippen LogP contribution in [0.25, 0.3) is 0 Å². The first kappa shape index (κ1) is 14.1. The van der Waals surface area contributed by atoms with Gasteiger partial charge < -0.3 is 10.6 Å². The molecule has 1 amide bonds. The smallest absolute Gasteiger partial charge is 0.274 e. The number of piperidine rings is 1. The number of rotatable bonds is 3. The number of hydrogen-bond donors (Lipinski definition) is 1. The highest BCUT2D eigenvalue weighted by Crippen LogP contribution is 2.23. The third-order valence-electron chi connectivity index (χ3n) is 3.87. The molecule has 2 N–H and O–H groups in total. The van der Waals surface area contributed by atoms with Crippen LogP contribution >= 0.6 is 0 Å². The first-order valence-electron chi connectivity index (χ1n) is 7.09. The Morgan fingerprint density at radius 3 is 2.89 bits per heavy atom. The second-order valence-corrected chi connectivity index (χ2v) is 5.79. The normalized spacial score (nSPS) is 23.9. The van der Waals surface area contributed by atoms with Gasteiger partial charge in [0.05, 0.1) is 0 Å². The fourth-order valence-corrected chi connectivity index (χ4v) is 2.63. The van der Waals surface area contributed by atoms with Gasteiger partial charge in [0, 0.05) is 31.4 Å². The molecule has 1 saturated heterocycles. The Labute approximate surface area is 114 Å². The fourth-order valence-electron chi connectivity index (χ4n) is 2.63. The molecule has 0 bridgehead atoms. The number of hydrogen-bond acceptors (Lipinski definition) is 3. The van der Waals surface area contributed by atoms with E-state index >= 15 is 0 Å². The van der Waals surface area contributed by atoms with Crippen LogP contribution in [0.15, 0.2) is 12.3 Å². The van der Waals surface area contributed by atoms with Crippen LogP contribution in [0.4, 0.5) is 0 Å². The van der Waals surface area contributed by atoms with E-state index in [1.807, 2.05) is 29.6 Å². The number of nitrogens with zero attached hydrogens (tertiary/aromatic N) is 3. The molecule has 106 valence electrons. The molecule has 2 unspecified atom stereocenters. The summed E-state index contributed by atoms with van der Waals surface area (Å²) in [4.78, 5) is 14.4. The average Bonchev–Trinajstić information content (AvgIpc) is 2.87. The number of nitrogens with two attached hydrogens (primary N) is 1. The molecule has 2 atom stereocenters. The lowest BCUT2D eigenvalue weighted by molar-refractivity contribution is 0.0566. The highest BCUT2D eigenvalue weighted by atomic mass is 16.2. The Balaban J connectivity index is 2.13. The second kappa shape index (κ2) is 5.74. The minimum absolute atomic E-state index is 0.0155. The molecule has 0 radical (unpaired) electrons. The molecule has 1 aliphatic rings. The van der Waals surface area contributed by atoms with Gasteiger partial charge in [-0.3, -0.25) is 9.48 Å². The minimum atomic E-state index is 0.0155. The molecule has 2 rings (SSSR count). The van der Waals surface area contributed by atoms with Gasteiger partial charge >= 0.3 is 0 Å². The van der Waals surface area contributed by atoms with Crippen molar-refractivity contribution in [2.24, 2.45) is 11.7 Å². The molecule has 1 fully saturated rings. The predicted molar refractivity (Wildman–Crippen MR) is 74.9 cm³/mol. The molecule has 5 nitrogen and oxygen atoms in total. The highest BCUT2D eigenvalue weighted by Gasteiger charge is 2.30. The van der Waals surface area contributed by atoms with Crippen LogP contribution in [0.1, 0.15) is 50.1 Å². The molecule has 2 heterocycles. The summed E-state index contributed by atoms with van der Waals surface area (Å²) in [5.74, 6) is 0.660. The largest absolute Gasteiger partial charge is 0.333 e. The Morgan fingerprint density at radius 1 is 1.58 bits per heavy atom. The summed E-state index contributed by atoms with van der Waals surface area (Å²) in [7, 11) is 0. The van der Waals surface area contributed by atoms with Gasteiger partial charge in [-0.25, -0.2) is 0 Å². The molecule has 0 aliphatic carbocycles. The summed E-state index contributed by atoms with van der Waals surface area (Å²) in [6.07, 6.45) is 3.90. The summed E-state index contributed by atoms with van der Waals surface area (Å²) in [5, 5.41) is 4.36. The minimum Gasteiger partial charge on any atom is -0.333 e. The van der Waals surface area contributed by atoms with E-state index in [0.29, 0.717) is 18.2 Å². The van der Waals surface area contributed by atoms with Crippen molar-refractivity contribution < 1.29 is 4.79 Å². The van der Waals surface area contributed by atoms with Gasteiger partial charge in [0.15, 0.2) is 0 Å². The second-order valence-electron chi connectivity index (χ2n) is 5.79. The molecule has 0 spiro atoms. The van der Waals surface area contributed by atoms with Crippen LogP contribution in [-0.2, 0) is 0 Å². The van der Waals surface area contributed by atoms with Crippen molar-refractivity contribution in [3.8, 4) is 0 Å². The lowest BCUT2D eigenvalue weighted by Crippen LogP contribution is -2.49. The van der Waals surface area contributed by atoms with Crippen molar-refractivity contribution in [2.45, 2.75) is 45.7 Å². The van der Waals surface area contributed by atoms with E-state index in [0.717, 1.165) is 19.4 Å². The topological polar surface area (TPSA) is 64.2 Å². The van der Waals surface area contributed by atoms with Crippen molar-refractivity contribution in [2.75, 3.05) is 13.1 Å². The van der Waals surface area contributed by atoms with Gasteiger partial charge in [-0.05, 0) is 38.7 Å². The van der Waals surface area contributed by atoms with E-state index in [-0.39, 0.29) is 18.0 Å². The molecule has 1 aromatic rings. The van der Waals surface area contributed by atoms with Gasteiger partial charge in [-0.15, -0.1) is 0 Å². The van der Waals surface area contributed by atoms with Crippen molar-refractivity contribution in [3.05, 3.63) is 18.0 Å². The predicted octanol–water partition coefficient (Wildman–Crippen LogP) is 1.66. The van der Waals surface area contributed by atoms with Crippen LogP contribution < -0.4 is 5.73 Å². The number of carbonyl (C=O) groups excluding carboxylic acids is 1. The molecule has 1 aromatic heterocycles. The SMILES string of the molecule is CC1CCN(C(=O)c2ccn(C(C)C)n2)C(CN)C1. The van der Waals surface area contributed by atoms with Crippen molar-refractivity contribution >= 4 is 5.91 Å². The Kier molecular flexibility index (Phi) is 4.24. The lowest BCUT2D eigenvalue weighted by atomic mass is 9.92. The van der Waals surface area contributed by atoms with E-state index in [4.69, 9.17) is 5.73 Å². The van der Waals surface area contributed by atoms with Gasteiger partial charge in [-0.1, -0.05) is 6.92 Å². The monoisotopic (exact) mass is 264 g/mol. The first-order valence-corrected chi connectivity index (χ1v) is 7.09. The summed E-state index contributed by atoms with van der Waals surface area (Å²) in [5.41, 5.74) is 6.34. The third kappa shape index (κ3) is 2.97. The van der Waals surface area contributed by atoms with Crippen molar-refractivity contribution in [1.29, 1.82) is 0 Å². The maximum absolute atomic E-state index is 12.5. The van der Waals surface area contributed by atoms with E-state index in [2.05, 4.69) is 12.0 Å². The highest BCUT2D eigenvalue weighted by molar-refractivity contribution is 5.92. The summed E-state index contributed by atoms with van der Waals surface area (Å²) >= 11 is 0. The number of aromatic nitrogens is 2. The van der Waals surface area contributed by atoms with E-state index in [1.54, 1.807) is 6.07 Å². The molecule has 0 aromatic carbocycles. The Hall–Kier alpha value is -1.36. The zero-order valence-corrected chi connectivity index (χ0v) is 12.0. The molecule has 19 heavy (non-hydrogen) atoms. The maximum atomic E-state index is 12.5. The van der Waals surface area contributed by atoms with Crippen LogP contribution in [-0.4, -0.2) is 39.7 Å². The van der Waals surface area contributed by atoms with Gasteiger partial charge in [0.1, 0.15) is 5.69 Å². The zero-order chi connectivity index (χ0) is 14.0. The van der Waals surface area contributed by atoms with Gasteiger partial charge in [0.25, 0.3) is 5.91 Å². The van der Waals surface area contributed by atoms with Crippen LogP contribution in [0, 0.1) is 5.92 Å². The first-order chi connectivity index (χ1) is 9.02.